The van der Waals surface area contributed by atoms with E-state index in [0.717, 1.165) is 55.4 Å². The van der Waals surface area contributed by atoms with Crippen molar-refractivity contribution in [3.63, 3.8) is 0 Å². The highest BCUT2D eigenvalue weighted by atomic mass is 16.3. The van der Waals surface area contributed by atoms with E-state index in [0.29, 0.717) is 11.3 Å². The molecule has 1 unspecified atom stereocenters. The maximum atomic E-state index is 8.55. The lowest BCUT2D eigenvalue weighted by Crippen LogP contribution is -2.31. The van der Waals surface area contributed by atoms with Crippen LogP contribution in [0.15, 0.2) is 65.3 Å². The Morgan fingerprint density at radius 3 is 2.73 bits per heavy atom. The summed E-state index contributed by atoms with van der Waals surface area (Å²) in [6, 6.07) is 15.9. The second-order valence-electron chi connectivity index (χ2n) is 9.57. The lowest BCUT2D eigenvalue weighted by molar-refractivity contribution is -0.660. The summed E-state index contributed by atoms with van der Waals surface area (Å²) >= 11 is 0. The van der Waals surface area contributed by atoms with Crippen LogP contribution in [0.2, 0.25) is 0 Å². The Labute approximate surface area is 200 Å². The first-order valence-corrected chi connectivity index (χ1v) is 11.3. The average Bonchev–Trinajstić information content (AvgIpc) is 3.31. The minimum absolute atomic E-state index is 0.584. The van der Waals surface area contributed by atoms with E-state index in [1.165, 1.54) is 0 Å². The topological polar surface area (TPSA) is 29.9 Å². The molecule has 1 atom stereocenters. The maximum Gasteiger partial charge on any atom is 0.216 e. The van der Waals surface area contributed by atoms with Gasteiger partial charge in [-0.05, 0) is 53.3 Å². The van der Waals surface area contributed by atoms with Gasteiger partial charge in [0, 0.05) is 45.6 Å². The van der Waals surface area contributed by atoms with E-state index in [9.17, 15) is 0 Å². The van der Waals surface area contributed by atoms with Gasteiger partial charge in [0.15, 0.2) is 6.20 Å². The van der Waals surface area contributed by atoms with Gasteiger partial charge in [-0.25, -0.2) is 4.57 Å². The third-order valence-corrected chi connectivity index (χ3v) is 7.08. The maximum absolute atomic E-state index is 8.55. The van der Waals surface area contributed by atoms with Crippen molar-refractivity contribution in [2.24, 2.45) is 7.05 Å². The molecule has 164 valence electrons. The number of hydrogen-bond acceptors (Lipinski definition) is 2. The standard InChI is InChI=1S/C30H29N2O/c1-17(2)19-11-13-32(6)25(14-19)27-18(3)9-10-20-23-15-24-22(16-26(23)33-28(20)27)21-8-7-12-31-29(21)30(24,4)5/h7-17H,1-6H3/q+1/i4D3,17D. The molecule has 2 aromatic carbocycles. The molecule has 0 aliphatic heterocycles. The van der Waals surface area contributed by atoms with Crippen molar-refractivity contribution in [3.8, 4) is 22.4 Å². The van der Waals surface area contributed by atoms with E-state index in [1.54, 1.807) is 13.1 Å². The number of aryl methyl sites for hydroxylation is 2. The summed E-state index contributed by atoms with van der Waals surface area (Å²) in [5.41, 5.74) is 7.22. The first kappa shape index (κ1) is 16.2. The van der Waals surface area contributed by atoms with Crippen molar-refractivity contribution in [2.45, 2.75) is 45.9 Å². The quantitative estimate of drug-likeness (QED) is 0.273. The van der Waals surface area contributed by atoms with Crippen LogP contribution in [0.1, 0.15) is 61.4 Å². The highest BCUT2D eigenvalue weighted by Crippen LogP contribution is 2.50. The number of hydrogen-bond donors (Lipinski definition) is 0. The summed E-state index contributed by atoms with van der Waals surface area (Å²) in [4.78, 5) is 4.53. The monoisotopic (exact) mass is 437 g/mol. The Bertz CT molecular complexity index is 1740. The van der Waals surface area contributed by atoms with Crippen LogP contribution >= 0.6 is 0 Å². The number of rotatable bonds is 2. The van der Waals surface area contributed by atoms with Gasteiger partial charge in [-0.15, -0.1) is 0 Å². The fourth-order valence-corrected chi connectivity index (χ4v) is 5.22. The molecule has 3 heterocycles. The molecule has 1 aliphatic carbocycles. The van der Waals surface area contributed by atoms with Crippen LogP contribution < -0.4 is 4.57 Å². The van der Waals surface area contributed by atoms with Gasteiger partial charge < -0.3 is 4.42 Å². The molecule has 0 bridgehead atoms. The molecule has 6 rings (SSSR count). The third kappa shape index (κ3) is 2.75. The number of nitrogens with zero attached hydrogens (tertiary/aromatic N) is 2. The highest BCUT2D eigenvalue weighted by Gasteiger charge is 2.37. The minimum atomic E-state index is -2.27. The van der Waals surface area contributed by atoms with Gasteiger partial charge in [-0.2, -0.15) is 0 Å². The minimum Gasteiger partial charge on any atom is -0.455 e. The van der Waals surface area contributed by atoms with E-state index in [2.05, 4.69) is 34.7 Å². The molecule has 3 heteroatoms. The molecule has 0 spiro atoms. The first-order chi connectivity index (χ1) is 17.3. The van der Waals surface area contributed by atoms with Crippen LogP contribution in [0.25, 0.3) is 44.3 Å². The van der Waals surface area contributed by atoms with Crippen LogP contribution in [-0.4, -0.2) is 4.98 Å². The number of benzene rings is 2. The van der Waals surface area contributed by atoms with E-state index in [1.807, 2.05) is 57.4 Å². The Morgan fingerprint density at radius 2 is 1.94 bits per heavy atom. The largest absolute Gasteiger partial charge is 0.455 e. The van der Waals surface area contributed by atoms with Crippen LogP contribution in [0.4, 0.5) is 0 Å². The summed E-state index contributed by atoms with van der Waals surface area (Å²) in [7, 11) is 2.00. The fourth-order valence-electron chi connectivity index (χ4n) is 5.22. The number of pyridine rings is 2. The van der Waals surface area contributed by atoms with E-state index in [-0.39, 0.29) is 0 Å². The Balaban J connectivity index is 1.68. The molecule has 0 saturated heterocycles. The molecule has 0 amide bonds. The number of furan rings is 1. The van der Waals surface area contributed by atoms with E-state index < -0.39 is 18.2 Å². The highest BCUT2D eigenvalue weighted by molar-refractivity contribution is 6.11. The fraction of sp³-hybridized carbons (Fsp3) is 0.267. The molecule has 0 fully saturated rings. The van der Waals surface area contributed by atoms with Crippen molar-refractivity contribution < 1.29 is 14.5 Å². The van der Waals surface area contributed by atoms with Gasteiger partial charge in [0.1, 0.15) is 18.2 Å². The molecule has 1 aliphatic rings. The number of fused-ring (bicyclic) bond motifs is 6. The SMILES string of the molecule is [2H]C(C)(C)c1cc[n+](C)c(-c2c(C)ccc3c2oc2cc4c(cc23)C(C)(C([2H])([2H])[2H])c2ncccc2-4)c1. The molecule has 0 radical (unpaired) electrons. The van der Waals surface area contributed by atoms with Gasteiger partial charge in [-0.3, -0.25) is 4.98 Å². The van der Waals surface area contributed by atoms with Crippen molar-refractivity contribution in [1.29, 1.82) is 0 Å². The Morgan fingerprint density at radius 1 is 1.09 bits per heavy atom. The zero-order valence-electron chi connectivity index (χ0n) is 23.6. The molecular weight excluding hydrogens is 404 g/mol. The zero-order chi connectivity index (χ0) is 26.5. The molecular formula is C30H29N2O+. The molecule has 0 N–H and O–H groups in total. The summed E-state index contributed by atoms with van der Waals surface area (Å²) in [6.07, 6.45) is 3.65. The number of aromatic nitrogens is 2. The van der Waals surface area contributed by atoms with Crippen molar-refractivity contribution in [2.75, 3.05) is 0 Å². The van der Waals surface area contributed by atoms with Gasteiger partial charge in [0.05, 0.1) is 11.3 Å². The normalized spacial score (nSPS) is 19.7. The van der Waals surface area contributed by atoms with Gasteiger partial charge in [-0.1, -0.05) is 45.8 Å². The first-order valence-electron chi connectivity index (χ1n) is 13.3. The zero-order valence-corrected chi connectivity index (χ0v) is 19.6. The van der Waals surface area contributed by atoms with Crippen LogP contribution in [0.3, 0.4) is 0 Å². The second-order valence-corrected chi connectivity index (χ2v) is 9.57. The second kappa shape index (κ2) is 6.77. The molecule has 33 heavy (non-hydrogen) atoms. The van der Waals surface area contributed by atoms with Gasteiger partial charge in [0.2, 0.25) is 5.69 Å². The summed E-state index contributed by atoms with van der Waals surface area (Å²) < 4.78 is 42.5. The van der Waals surface area contributed by atoms with E-state index >= 15 is 0 Å². The van der Waals surface area contributed by atoms with Gasteiger partial charge in [0.25, 0.3) is 0 Å². The lowest BCUT2D eigenvalue weighted by Gasteiger charge is -2.19. The predicted octanol–water partition coefficient (Wildman–Crippen LogP) is 7.21. The van der Waals surface area contributed by atoms with Crippen LogP contribution in [0, 0.1) is 6.92 Å². The van der Waals surface area contributed by atoms with Crippen molar-refractivity contribution >= 4 is 21.9 Å². The molecule has 3 aromatic heterocycles. The third-order valence-electron chi connectivity index (χ3n) is 7.08. The van der Waals surface area contributed by atoms with Crippen molar-refractivity contribution in [1.82, 2.24) is 4.98 Å². The lowest BCUT2D eigenvalue weighted by atomic mass is 9.84. The smallest absolute Gasteiger partial charge is 0.216 e. The molecule has 3 nitrogen and oxygen atoms in total. The predicted molar refractivity (Wildman–Crippen MR) is 135 cm³/mol. The summed E-state index contributed by atoms with van der Waals surface area (Å²) in [6.45, 7) is 5.34. The summed E-state index contributed by atoms with van der Waals surface area (Å²) in [5.74, 6) is -0.735. The van der Waals surface area contributed by atoms with Crippen LogP contribution in [0.5, 0.6) is 0 Å². The Kier molecular flexibility index (Phi) is 3.32. The average molecular weight is 438 g/mol. The molecule has 0 saturated carbocycles. The summed E-state index contributed by atoms with van der Waals surface area (Å²) in [5, 5.41) is 1.82. The Hall–Kier alpha value is -3.46. The van der Waals surface area contributed by atoms with Crippen molar-refractivity contribution in [3.05, 3.63) is 83.3 Å². The van der Waals surface area contributed by atoms with Crippen LogP contribution in [-0.2, 0) is 12.5 Å². The molecule has 5 aromatic rings. The van der Waals surface area contributed by atoms with Gasteiger partial charge >= 0.3 is 0 Å². The van der Waals surface area contributed by atoms with E-state index in [4.69, 9.17) is 9.90 Å².